The van der Waals surface area contributed by atoms with Crippen LogP contribution in [0.5, 0.6) is 0 Å². The Labute approximate surface area is 144 Å². The van der Waals surface area contributed by atoms with Crippen molar-refractivity contribution in [2.24, 2.45) is 0 Å². The zero-order valence-corrected chi connectivity index (χ0v) is 14.1. The number of nitrogens with zero attached hydrogens (tertiary/aromatic N) is 6. The van der Waals surface area contributed by atoms with E-state index < -0.39 is 0 Å². The first-order valence-electron chi connectivity index (χ1n) is 8.29. The zero-order chi connectivity index (χ0) is 17.4. The second-order valence-corrected chi connectivity index (χ2v) is 5.95. The summed E-state index contributed by atoms with van der Waals surface area (Å²) in [5.74, 6) is 1.31. The molecule has 1 amide bonds. The summed E-state index contributed by atoms with van der Waals surface area (Å²) in [5.41, 5.74) is 1.77. The number of morpholine rings is 1. The fourth-order valence-electron chi connectivity index (χ4n) is 3.01. The molecule has 4 heterocycles. The molecule has 9 heteroatoms. The lowest BCUT2D eigenvalue weighted by Gasteiger charge is -2.31. The van der Waals surface area contributed by atoms with E-state index in [1.165, 1.54) is 0 Å². The average Bonchev–Trinajstić information content (AvgIpc) is 3.25. The topological polar surface area (TPSA) is 101 Å². The summed E-state index contributed by atoms with van der Waals surface area (Å²) in [7, 11) is 0. The van der Waals surface area contributed by atoms with Crippen LogP contribution in [0.3, 0.4) is 0 Å². The lowest BCUT2D eigenvalue weighted by atomic mass is 10.2. The Morgan fingerprint density at radius 2 is 2.36 bits per heavy atom. The highest BCUT2D eigenvalue weighted by Gasteiger charge is 2.31. The number of rotatable bonds is 3. The summed E-state index contributed by atoms with van der Waals surface area (Å²) in [6.07, 6.45) is 3.89. The fourth-order valence-corrected chi connectivity index (χ4v) is 3.01. The predicted octanol–water partition coefficient (Wildman–Crippen LogP) is 0.932. The standard InChI is InChI=1S/C16H19N7O2/c1-3-12-18-14(20-19-12)11-9-22(7-8-25-11)16(24)13-10(2)21-23-6-4-5-17-15(13)23/h4-6,11H,3,7-9H2,1-2H3,(H,18,19,20). The molecule has 9 nitrogen and oxygen atoms in total. The van der Waals surface area contributed by atoms with Gasteiger partial charge in [-0.05, 0) is 13.0 Å². The molecule has 3 aromatic heterocycles. The van der Waals surface area contributed by atoms with Gasteiger partial charge in [0, 0.05) is 25.4 Å². The monoisotopic (exact) mass is 341 g/mol. The van der Waals surface area contributed by atoms with Gasteiger partial charge in [0.1, 0.15) is 17.5 Å². The highest BCUT2D eigenvalue weighted by molar-refractivity contribution is 6.01. The Morgan fingerprint density at radius 3 is 3.16 bits per heavy atom. The summed E-state index contributed by atoms with van der Waals surface area (Å²) >= 11 is 0. The van der Waals surface area contributed by atoms with E-state index >= 15 is 0 Å². The maximum absolute atomic E-state index is 13.1. The van der Waals surface area contributed by atoms with Crippen molar-refractivity contribution >= 4 is 11.6 Å². The Kier molecular flexibility index (Phi) is 3.92. The summed E-state index contributed by atoms with van der Waals surface area (Å²) in [4.78, 5) is 23.5. The van der Waals surface area contributed by atoms with E-state index in [0.29, 0.717) is 42.4 Å². The van der Waals surface area contributed by atoms with Crippen molar-refractivity contribution in [2.75, 3.05) is 19.7 Å². The van der Waals surface area contributed by atoms with Gasteiger partial charge >= 0.3 is 0 Å². The normalized spacial score (nSPS) is 18.0. The minimum atomic E-state index is -0.329. The van der Waals surface area contributed by atoms with Crippen molar-refractivity contribution in [3.8, 4) is 0 Å². The van der Waals surface area contributed by atoms with Crippen molar-refractivity contribution in [3.63, 3.8) is 0 Å². The molecule has 0 bridgehead atoms. The van der Waals surface area contributed by atoms with Gasteiger partial charge in [-0.3, -0.25) is 9.89 Å². The lowest BCUT2D eigenvalue weighted by Crippen LogP contribution is -2.42. The smallest absolute Gasteiger partial charge is 0.259 e. The molecule has 0 aliphatic carbocycles. The van der Waals surface area contributed by atoms with E-state index in [2.05, 4.69) is 25.3 Å². The minimum Gasteiger partial charge on any atom is -0.366 e. The number of ether oxygens (including phenoxy) is 1. The molecule has 4 rings (SSSR count). The second-order valence-electron chi connectivity index (χ2n) is 5.95. The van der Waals surface area contributed by atoms with Crippen LogP contribution in [0.4, 0.5) is 0 Å². The lowest BCUT2D eigenvalue weighted by molar-refractivity contribution is -0.0266. The molecule has 3 aromatic rings. The van der Waals surface area contributed by atoms with Crippen LogP contribution in [0.2, 0.25) is 0 Å². The molecule has 0 saturated carbocycles. The third-order valence-corrected chi connectivity index (χ3v) is 4.31. The van der Waals surface area contributed by atoms with Crippen LogP contribution >= 0.6 is 0 Å². The number of carbonyl (C=O) groups is 1. The first kappa shape index (κ1) is 15.7. The van der Waals surface area contributed by atoms with Crippen molar-refractivity contribution in [2.45, 2.75) is 26.4 Å². The molecule has 0 spiro atoms. The zero-order valence-electron chi connectivity index (χ0n) is 14.1. The Bertz CT molecular complexity index is 916. The van der Waals surface area contributed by atoms with Crippen molar-refractivity contribution < 1.29 is 9.53 Å². The summed E-state index contributed by atoms with van der Waals surface area (Å²) < 4.78 is 7.39. The molecule has 1 unspecified atom stereocenters. The van der Waals surface area contributed by atoms with E-state index in [1.54, 1.807) is 27.9 Å². The second kappa shape index (κ2) is 6.25. The molecular formula is C16H19N7O2. The Balaban J connectivity index is 1.60. The van der Waals surface area contributed by atoms with Gasteiger partial charge in [-0.25, -0.2) is 14.5 Å². The van der Waals surface area contributed by atoms with Crippen LogP contribution in [-0.2, 0) is 11.2 Å². The molecule has 1 atom stereocenters. The molecule has 0 radical (unpaired) electrons. The molecule has 25 heavy (non-hydrogen) atoms. The van der Waals surface area contributed by atoms with Crippen molar-refractivity contribution in [1.82, 2.24) is 34.7 Å². The van der Waals surface area contributed by atoms with Crippen molar-refractivity contribution in [3.05, 3.63) is 41.4 Å². The highest BCUT2D eigenvalue weighted by atomic mass is 16.5. The number of carbonyl (C=O) groups excluding carboxylic acids is 1. The Morgan fingerprint density at radius 1 is 1.48 bits per heavy atom. The quantitative estimate of drug-likeness (QED) is 0.760. The van der Waals surface area contributed by atoms with Gasteiger partial charge in [-0.1, -0.05) is 6.92 Å². The molecule has 1 saturated heterocycles. The number of aromatic amines is 1. The Hall–Kier alpha value is -2.81. The van der Waals surface area contributed by atoms with E-state index in [1.807, 2.05) is 13.8 Å². The van der Waals surface area contributed by atoms with Gasteiger partial charge < -0.3 is 9.64 Å². The summed E-state index contributed by atoms with van der Waals surface area (Å²) in [5, 5.41) is 11.5. The molecular weight excluding hydrogens is 322 g/mol. The van der Waals surface area contributed by atoms with Crippen molar-refractivity contribution in [1.29, 1.82) is 0 Å². The van der Waals surface area contributed by atoms with Crippen LogP contribution in [0.15, 0.2) is 18.5 Å². The van der Waals surface area contributed by atoms with Gasteiger partial charge in [-0.2, -0.15) is 10.2 Å². The van der Waals surface area contributed by atoms with Crippen LogP contribution in [0.25, 0.3) is 5.65 Å². The number of aryl methyl sites for hydroxylation is 2. The third-order valence-electron chi connectivity index (χ3n) is 4.31. The van der Waals surface area contributed by atoms with E-state index in [0.717, 1.165) is 12.2 Å². The van der Waals surface area contributed by atoms with Gasteiger partial charge in [0.2, 0.25) is 0 Å². The number of amides is 1. The molecule has 1 fully saturated rings. The molecule has 1 aliphatic rings. The summed E-state index contributed by atoms with van der Waals surface area (Å²) in [6, 6.07) is 1.78. The van der Waals surface area contributed by atoms with Gasteiger partial charge in [0.15, 0.2) is 11.5 Å². The number of fused-ring (bicyclic) bond motifs is 1. The summed E-state index contributed by atoms with van der Waals surface area (Å²) in [6.45, 7) is 5.19. The van der Waals surface area contributed by atoms with Crippen LogP contribution in [0.1, 0.15) is 40.7 Å². The number of nitrogens with one attached hydrogen (secondary N) is 1. The number of hydrogen-bond donors (Lipinski definition) is 1. The third kappa shape index (κ3) is 2.76. The van der Waals surface area contributed by atoms with Crippen LogP contribution in [0, 0.1) is 6.92 Å². The number of aromatic nitrogens is 6. The average molecular weight is 341 g/mol. The number of hydrogen-bond acceptors (Lipinski definition) is 6. The predicted molar refractivity (Wildman–Crippen MR) is 88.1 cm³/mol. The van der Waals surface area contributed by atoms with Crippen LogP contribution < -0.4 is 0 Å². The fraction of sp³-hybridized carbons (Fsp3) is 0.438. The van der Waals surface area contributed by atoms with E-state index in [4.69, 9.17) is 4.74 Å². The van der Waals surface area contributed by atoms with Gasteiger partial charge in [0.05, 0.1) is 18.8 Å². The molecule has 1 aliphatic heterocycles. The maximum Gasteiger partial charge on any atom is 0.259 e. The number of H-pyrrole nitrogens is 1. The van der Waals surface area contributed by atoms with Gasteiger partial charge in [-0.15, -0.1) is 0 Å². The largest absolute Gasteiger partial charge is 0.366 e. The van der Waals surface area contributed by atoms with E-state index in [9.17, 15) is 4.79 Å². The minimum absolute atomic E-state index is 0.0919. The van der Waals surface area contributed by atoms with Crippen LogP contribution in [-0.4, -0.2) is 60.3 Å². The van der Waals surface area contributed by atoms with Gasteiger partial charge in [0.25, 0.3) is 5.91 Å². The first-order chi connectivity index (χ1) is 12.2. The first-order valence-corrected chi connectivity index (χ1v) is 8.29. The maximum atomic E-state index is 13.1. The highest BCUT2D eigenvalue weighted by Crippen LogP contribution is 2.23. The molecule has 1 N–H and O–H groups in total. The molecule has 0 aromatic carbocycles. The SMILES string of the molecule is CCc1nc(C2CN(C(=O)c3c(C)nn4cccnc34)CCO2)n[nH]1. The van der Waals surface area contributed by atoms with E-state index in [-0.39, 0.29) is 12.0 Å². The molecule has 130 valence electrons.